The van der Waals surface area contributed by atoms with Gasteiger partial charge in [0.05, 0.1) is 6.07 Å². The highest BCUT2D eigenvalue weighted by molar-refractivity contribution is 6.30. The smallest absolute Gasteiger partial charge is 0.259 e. The standard InChI is InChI=1S/C15H18ClN3O2/c1-19-8-6-15(11-17,7-9-19)18-14(20)10-21-13-4-2-12(16)3-5-13/h2-5H,6-10H2,1H3,(H,18,20). The zero-order valence-electron chi connectivity index (χ0n) is 11.9. The number of amides is 1. The van der Waals surface area contributed by atoms with Crippen molar-refractivity contribution in [3.05, 3.63) is 29.3 Å². The van der Waals surface area contributed by atoms with Gasteiger partial charge in [-0.2, -0.15) is 5.26 Å². The number of rotatable bonds is 4. The number of nitrogens with zero attached hydrogens (tertiary/aromatic N) is 2. The van der Waals surface area contributed by atoms with Crippen molar-refractivity contribution in [1.29, 1.82) is 5.26 Å². The number of likely N-dealkylation sites (tertiary alicyclic amines) is 1. The summed E-state index contributed by atoms with van der Waals surface area (Å²) in [6.45, 7) is 1.48. The number of ether oxygens (including phenoxy) is 1. The molecule has 21 heavy (non-hydrogen) atoms. The summed E-state index contributed by atoms with van der Waals surface area (Å²) in [5.74, 6) is 0.292. The molecule has 5 nitrogen and oxygen atoms in total. The Morgan fingerprint density at radius 3 is 2.62 bits per heavy atom. The number of hydrogen-bond donors (Lipinski definition) is 1. The Kier molecular flexibility index (Phi) is 5.05. The summed E-state index contributed by atoms with van der Waals surface area (Å²) in [7, 11) is 2.01. The van der Waals surface area contributed by atoms with Gasteiger partial charge in [-0.1, -0.05) is 11.6 Å². The Bertz CT molecular complexity index is 531. The number of carbonyl (C=O) groups excluding carboxylic acids is 1. The van der Waals surface area contributed by atoms with Gasteiger partial charge in [0.15, 0.2) is 6.61 Å². The topological polar surface area (TPSA) is 65.4 Å². The molecule has 1 fully saturated rings. The lowest BCUT2D eigenvalue weighted by Crippen LogP contribution is -2.54. The van der Waals surface area contributed by atoms with Gasteiger partial charge in [0.2, 0.25) is 0 Å². The number of carbonyl (C=O) groups is 1. The first-order chi connectivity index (χ1) is 10.0. The second kappa shape index (κ2) is 6.79. The molecular formula is C15H18ClN3O2. The van der Waals surface area contributed by atoms with Crippen LogP contribution in [0.5, 0.6) is 5.75 Å². The van der Waals surface area contributed by atoms with Gasteiger partial charge >= 0.3 is 0 Å². The first-order valence-electron chi connectivity index (χ1n) is 6.82. The second-order valence-electron chi connectivity index (χ2n) is 5.29. The van der Waals surface area contributed by atoms with Gasteiger partial charge in [-0.3, -0.25) is 4.79 Å². The van der Waals surface area contributed by atoms with Crippen LogP contribution in [0.1, 0.15) is 12.8 Å². The maximum Gasteiger partial charge on any atom is 0.259 e. The summed E-state index contributed by atoms with van der Waals surface area (Å²) in [5.41, 5.74) is -0.771. The van der Waals surface area contributed by atoms with E-state index in [1.165, 1.54) is 0 Å². The van der Waals surface area contributed by atoms with E-state index in [-0.39, 0.29) is 12.5 Å². The van der Waals surface area contributed by atoms with Gasteiger partial charge in [-0.25, -0.2) is 0 Å². The summed E-state index contributed by atoms with van der Waals surface area (Å²) in [5, 5.41) is 12.8. The average molecular weight is 308 g/mol. The third-order valence-electron chi connectivity index (χ3n) is 3.62. The molecule has 1 heterocycles. The summed E-state index contributed by atoms with van der Waals surface area (Å²) in [6, 6.07) is 9.04. The van der Waals surface area contributed by atoms with Gasteiger partial charge in [-0.15, -0.1) is 0 Å². The molecule has 1 saturated heterocycles. The molecule has 1 aliphatic rings. The maximum absolute atomic E-state index is 12.0. The minimum atomic E-state index is -0.771. The van der Waals surface area contributed by atoms with Crippen LogP contribution in [-0.4, -0.2) is 43.1 Å². The zero-order chi connectivity index (χ0) is 15.3. The van der Waals surface area contributed by atoms with Gasteiger partial charge < -0.3 is 15.0 Å². The molecule has 6 heteroatoms. The molecular weight excluding hydrogens is 290 g/mol. The number of benzene rings is 1. The minimum absolute atomic E-state index is 0.110. The first kappa shape index (κ1) is 15.6. The Labute approximate surface area is 129 Å². The third kappa shape index (κ3) is 4.35. The van der Waals surface area contributed by atoms with E-state index in [0.29, 0.717) is 23.6 Å². The van der Waals surface area contributed by atoms with E-state index in [9.17, 15) is 10.1 Å². The highest BCUT2D eigenvalue weighted by Crippen LogP contribution is 2.21. The van der Waals surface area contributed by atoms with E-state index in [1.807, 2.05) is 7.05 Å². The lowest BCUT2D eigenvalue weighted by Gasteiger charge is -2.35. The van der Waals surface area contributed by atoms with Crippen molar-refractivity contribution in [2.75, 3.05) is 26.7 Å². The fourth-order valence-corrected chi connectivity index (χ4v) is 2.37. The maximum atomic E-state index is 12.0. The van der Waals surface area contributed by atoms with E-state index in [4.69, 9.17) is 16.3 Å². The van der Waals surface area contributed by atoms with Crippen molar-refractivity contribution in [2.24, 2.45) is 0 Å². The van der Waals surface area contributed by atoms with Gasteiger partial charge in [0.25, 0.3) is 5.91 Å². The van der Waals surface area contributed by atoms with Crippen molar-refractivity contribution in [1.82, 2.24) is 10.2 Å². The summed E-state index contributed by atoms with van der Waals surface area (Å²) < 4.78 is 5.38. The van der Waals surface area contributed by atoms with Crippen LogP contribution < -0.4 is 10.1 Å². The highest BCUT2D eigenvalue weighted by atomic mass is 35.5. The van der Waals surface area contributed by atoms with Crippen LogP contribution in [0.25, 0.3) is 0 Å². The number of nitriles is 1. The number of nitrogens with one attached hydrogen (secondary N) is 1. The summed E-state index contributed by atoms with van der Waals surface area (Å²) >= 11 is 5.78. The molecule has 1 aromatic rings. The molecule has 1 N–H and O–H groups in total. The van der Waals surface area contributed by atoms with Crippen LogP contribution in [0.15, 0.2) is 24.3 Å². The van der Waals surface area contributed by atoms with E-state index in [1.54, 1.807) is 24.3 Å². The number of hydrogen-bond acceptors (Lipinski definition) is 4. The third-order valence-corrected chi connectivity index (χ3v) is 3.87. The molecule has 0 aliphatic carbocycles. The highest BCUT2D eigenvalue weighted by Gasteiger charge is 2.35. The minimum Gasteiger partial charge on any atom is -0.484 e. The predicted octanol–water partition coefficient (Wildman–Crippen LogP) is 1.82. The molecule has 112 valence electrons. The molecule has 1 aromatic carbocycles. The molecule has 1 aliphatic heterocycles. The molecule has 0 bridgehead atoms. The van der Waals surface area contributed by atoms with Crippen molar-refractivity contribution in [2.45, 2.75) is 18.4 Å². The lowest BCUT2D eigenvalue weighted by atomic mass is 9.89. The van der Waals surface area contributed by atoms with Crippen LogP contribution in [0.2, 0.25) is 5.02 Å². The monoisotopic (exact) mass is 307 g/mol. The summed E-state index contributed by atoms with van der Waals surface area (Å²) in [6.07, 6.45) is 1.26. The molecule has 0 saturated carbocycles. The van der Waals surface area contributed by atoms with Crippen molar-refractivity contribution in [3.8, 4) is 11.8 Å². The molecule has 0 unspecified atom stereocenters. The second-order valence-corrected chi connectivity index (χ2v) is 5.72. The van der Waals surface area contributed by atoms with Crippen molar-refractivity contribution in [3.63, 3.8) is 0 Å². The van der Waals surface area contributed by atoms with E-state index in [2.05, 4.69) is 16.3 Å². The van der Waals surface area contributed by atoms with Gasteiger partial charge in [0.1, 0.15) is 11.3 Å². The van der Waals surface area contributed by atoms with E-state index < -0.39 is 5.54 Å². The van der Waals surface area contributed by atoms with Gasteiger partial charge in [0, 0.05) is 18.1 Å². The van der Waals surface area contributed by atoms with Crippen molar-refractivity contribution < 1.29 is 9.53 Å². The number of halogens is 1. The molecule has 1 amide bonds. The van der Waals surface area contributed by atoms with Crippen LogP contribution >= 0.6 is 11.6 Å². The van der Waals surface area contributed by atoms with Crippen LogP contribution in [0.4, 0.5) is 0 Å². The Hall–Kier alpha value is -1.77. The molecule has 0 radical (unpaired) electrons. The van der Waals surface area contributed by atoms with Crippen LogP contribution in [0, 0.1) is 11.3 Å². The van der Waals surface area contributed by atoms with Crippen LogP contribution in [0.3, 0.4) is 0 Å². The van der Waals surface area contributed by atoms with Gasteiger partial charge in [-0.05, 0) is 44.2 Å². The molecule has 0 atom stereocenters. The van der Waals surface area contributed by atoms with E-state index >= 15 is 0 Å². The number of piperidine rings is 1. The Morgan fingerprint density at radius 2 is 2.05 bits per heavy atom. The Morgan fingerprint density at radius 1 is 1.43 bits per heavy atom. The average Bonchev–Trinajstić information content (AvgIpc) is 2.49. The zero-order valence-corrected chi connectivity index (χ0v) is 12.7. The fourth-order valence-electron chi connectivity index (χ4n) is 2.25. The molecule has 0 aromatic heterocycles. The molecule has 0 spiro atoms. The van der Waals surface area contributed by atoms with Crippen molar-refractivity contribution >= 4 is 17.5 Å². The lowest BCUT2D eigenvalue weighted by molar-refractivity contribution is -0.124. The quantitative estimate of drug-likeness (QED) is 0.921. The molecule has 2 rings (SSSR count). The predicted molar refractivity (Wildman–Crippen MR) is 80.2 cm³/mol. The van der Waals surface area contributed by atoms with E-state index in [0.717, 1.165) is 13.1 Å². The Balaban J connectivity index is 1.86. The fraction of sp³-hybridized carbons (Fsp3) is 0.467. The summed E-state index contributed by atoms with van der Waals surface area (Å²) in [4.78, 5) is 14.1. The first-order valence-corrected chi connectivity index (χ1v) is 7.20. The normalized spacial score (nSPS) is 17.8. The van der Waals surface area contributed by atoms with Crippen LogP contribution in [-0.2, 0) is 4.79 Å². The SMILES string of the molecule is CN1CCC(C#N)(NC(=O)COc2ccc(Cl)cc2)CC1. The largest absolute Gasteiger partial charge is 0.484 e.